The molecule has 1 amide bonds. The van der Waals surface area contributed by atoms with E-state index < -0.39 is 10.0 Å². The largest absolute Gasteiger partial charge is 0.346 e. The first-order chi connectivity index (χ1) is 14.4. The van der Waals surface area contributed by atoms with Crippen LogP contribution in [-0.4, -0.2) is 30.8 Å². The molecule has 0 bridgehead atoms. The van der Waals surface area contributed by atoms with Crippen LogP contribution in [0.4, 0.5) is 0 Å². The first kappa shape index (κ1) is 22.0. The van der Waals surface area contributed by atoms with Gasteiger partial charge in [-0.15, -0.1) is 0 Å². The molecule has 0 spiro atoms. The average Bonchev–Trinajstić information content (AvgIpc) is 3.22. The number of carbonyl (C=O) groups is 1. The van der Waals surface area contributed by atoms with E-state index in [0.29, 0.717) is 17.3 Å². The van der Waals surface area contributed by atoms with Crippen molar-refractivity contribution in [2.45, 2.75) is 30.7 Å². The third-order valence-electron chi connectivity index (χ3n) is 4.50. The number of amides is 1. The van der Waals surface area contributed by atoms with Crippen LogP contribution in [0.3, 0.4) is 0 Å². The second-order valence-electron chi connectivity index (χ2n) is 6.68. The van der Waals surface area contributed by atoms with Gasteiger partial charge >= 0.3 is 0 Å². The number of aromatic amines is 1. The summed E-state index contributed by atoms with van der Waals surface area (Å²) in [4.78, 5) is 20.0. The number of rotatable bonds is 9. The molecule has 158 valence electrons. The summed E-state index contributed by atoms with van der Waals surface area (Å²) in [7, 11) is -3.72. The third kappa shape index (κ3) is 5.69. The fourth-order valence-electron chi connectivity index (χ4n) is 2.92. The Hall–Kier alpha value is -2.68. The minimum Gasteiger partial charge on any atom is -0.346 e. The fraction of sp³-hybridized carbons (Fsp3) is 0.238. The quantitative estimate of drug-likeness (QED) is 0.466. The Bertz CT molecular complexity index is 1100. The molecule has 0 fully saturated rings. The molecule has 0 radical (unpaired) electrons. The zero-order valence-corrected chi connectivity index (χ0v) is 18.0. The number of sulfonamides is 1. The van der Waals surface area contributed by atoms with Gasteiger partial charge in [-0.1, -0.05) is 54.9 Å². The highest BCUT2D eigenvalue weighted by Gasteiger charge is 2.18. The van der Waals surface area contributed by atoms with Crippen molar-refractivity contribution in [2.75, 3.05) is 6.54 Å². The standard InChI is InChI=1S/C21H23ClN4O3S/c1-2-18(21-23-14-19(26-21)15-7-4-3-5-8-15)25-20(27)11-12-24-30(28,29)17-10-6-9-16(22)13-17/h3-10,13-14,18,24H,2,11-12H2,1H3,(H,23,26)(H,25,27). The van der Waals surface area contributed by atoms with Crippen LogP contribution in [0.5, 0.6) is 0 Å². The van der Waals surface area contributed by atoms with Gasteiger partial charge in [-0.25, -0.2) is 18.1 Å². The van der Waals surface area contributed by atoms with Crippen molar-refractivity contribution in [3.8, 4) is 11.3 Å². The zero-order chi connectivity index (χ0) is 21.6. The molecular formula is C21H23ClN4O3S. The highest BCUT2D eigenvalue weighted by atomic mass is 35.5. The van der Waals surface area contributed by atoms with Crippen LogP contribution in [0.1, 0.15) is 31.6 Å². The van der Waals surface area contributed by atoms with E-state index in [-0.39, 0.29) is 29.8 Å². The van der Waals surface area contributed by atoms with Crippen molar-refractivity contribution in [3.63, 3.8) is 0 Å². The number of carbonyl (C=O) groups excluding carboxylic acids is 1. The van der Waals surface area contributed by atoms with E-state index in [4.69, 9.17) is 11.6 Å². The molecule has 2 aromatic carbocycles. The molecule has 1 aromatic heterocycles. The van der Waals surface area contributed by atoms with Gasteiger partial charge in [0.1, 0.15) is 5.82 Å². The minimum atomic E-state index is -3.72. The Morgan fingerprint density at radius 3 is 2.63 bits per heavy atom. The van der Waals surface area contributed by atoms with Gasteiger partial charge in [-0.2, -0.15) is 0 Å². The van der Waals surface area contributed by atoms with E-state index in [2.05, 4.69) is 20.0 Å². The molecule has 1 atom stereocenters. The summed E-state index contributed by atoms with van der Waals surface area (Å²) in [6.45, 7) is 1.92. The molecule has 1 heterocycles. The molecule has 0 aliphatic rings. The van der Waals surface area contributed by atoms with E-state index in [1.807, 2.05) is 37.3 Å². The van der Waals surface area contributed by atoms with E-state index in [0.717, 1.165) is 11.3 Å². The molecule has 7 nitrogen and oxygen atoms in total. The van der Waals surface area contributed by atoms with Crippen LogP contribution in [-0.2, 0) is 14.8 Å². The highest BCUT2D eigenvalue weighted by Crippen LogP contribution is 2.20. The summed E-state index contributed by atoms with van der Waals surface area (Å²) in [6.07, 6.45) is 2.38. The van der Waals surface area contributed by atoms with Crippen LogP contribution in [0.25, 0.3) is 11.3 Å². The number of imidazole rings is 1. The topological polar surface area (TPSA) is 104 Å². The highest BCUT2D eigenvalue weighted by molar-refractivity contribution is 7.89. The lowest BCUT2D eigenvalue weighted by atomic mass is 10.2. The van der Waals surface area contributed by atoms with Gasteiger partial charge in [0.25, 0.3) is 0 Å². The van der Waals surface area contributed by atoms with Crippen molar-refractivity contribution in [1.82, 2.24) is 20.0 Å². The third-order valence-corrected chi connectivity index (χ3v) is 6.20. The second-order valence-corrected chi connectivity index (χ2v) is 8.89. The number of halogens is 1. The summed E-state index contributed by atoms with van der Waals surface area (Å²) in [5, 5.41) is 3.22. The second kappa shape index (κ2) is 9.88. The Labute approximate surface area is 180 Å². The average molecular weight is 447 g/mol. The number of hydrogen-bond donors (Lipinski definition) is 3. The summed E-state index contributed by atoms with van der Waals surface area (Å²) >= 11 is 5.84. The van der Waals surface area contributed by atoms with Gasteiger partial charge in [0.15, 0.2) is 0 Å². The first-order valence-corrected chi connectivity index (χ1v) is 11.4. The smallest absolute Gasteiger partial charge is 0.240 e. The maximum atomic E-state index is 12.3. The maximum absolute atomic E-state index is 12.3. The molecule has 0 saturated heterocycles. The molecule has 3 N–H and O–H groups in total. The lowest BCUT2D eigenvalue weighted by Crippen LogP contribution is -2.33. The molecule has 1 unspecified atom stereocenters. The summed E-state index contributed by atoms with van der Waals surface area (Å²) in [6, 6.07) is 15.4. The van der Waals surface area contributed by atoms with Crippen LogP contribution in [0.2, 0.25) is 5.02 Å². The molecule has 0 aliphatic carbocycles. The first-order valence-electron chi connectivity index (χ1n) is 9.54. The number of nitrogens with zero attached hydrogens (tertiary/aromatic N) is 1. The number of hydrogen-bond acceptors (Lipinski definition) is 4. The van der Waals surface area contributed by atoms with E-state index in [1.54, 1.807) is 18.3 Å². The molecule has 3 aromatic rings. The summed E-state index contributed by atoms with van der Waals surface area (Å²) in [5.74, 6) is 0.387. The van der Waals surface area contributed by atoms with Crippen molar-refractivity contribution >= 4 is 27.5 Å². The Morgan fingerprint density at radius 2 is 1.93 bits per heavy atom. The summed E-state index contributed by atoms with van der Waals surface area (Å²) in [5.41, 5.74) is 1.88. The maximum Gasteiger partial charge on any atom is 0.240 e. The summed E-state index contributed by atoms with van der Waals surface area (Å²) < 4.78 is 27.0. The van der Waals surface area contributed by atoms with Crippen molar-refractivity contribution in [1.29, 1.82) is 0 Å². The lowest BCUT2D eigenvalue weighted by molar-refractivity contribution is -0.121. The van der Waals surface area contributed by atoms with Gasteiger partial charge in [-0.3, -0.25) is 4.79 Å². The predicted molar refractivity (Wildman–Crippen MR) is 116 cm³/mol. The Morgan fingerprint density at radius 1 is 1.17 bits per heavy atom. The fourth-order valence-corrected chi connectivity index (χ4v) is 4.26. The van der Waals surface area contributed by atoms with Gasteiger partial charge < -0.3 is 10.3 Å². The number of aromatic nitrogens is 2. The van der Waals surface area contributed by atoms with Crippen LogP contribution in [0, 0.1) is 0 Å². The molecule has 30 heavy (non-hydrogen) atoms. The molecule has 0 aliphatic heterocycles. The van der Waals surface area contributed by atoms with E-state index >= 15 is 0 Å². The zero-order valence-electron chi connectivity index (χ0n) is 16.4. The van der Waals surface area contributed by atoms with Crippen molar-refractivity contribution in [3.05, 3.63) is 71.6 Å². The normalized spacial score (nSPS) is 12.5. The Balaban J connectivity index is 1.55. The van der Waals surface area contributed by atoms with Gasteiger partial charge in [0.05, 0.1) is 22.8 Å². The monoisotopic (exact) mass is 446 g/mol. The molecule has 3 rings (SSSR count). The van der Waals surface area contributed by atoms with Gasteiger partial charge in [-0.05, 0) is 30.2 Å². The van der Waals surface area contributed by atoms with Crippen LogP contribution in [0.15, 0.2) is 65.7 Å². The van der Waals surface area contributed by atoms with E-state index in [9.17, 15) is 13.2 Å². The lowest BCUT2D eigenvalue weighted by Gasteiger charge is -2.15. The van der Waals surface area contributed by atoms with Gasteiger partial charge in [0, 0.05) is 18.0 Å². The SMILES string of the molecule is CCC(NC(=O)CCNS(=O)(=O)c1cccc(Cl)c1)c1ncc(-c2ccccc2)[nH]1. The van der Waals surface area contributed by atoms with Gasteiger partial charge in [0.2, 0.25) is 15.9 Å². The number of nitrogens with one attached hydrogen (secondary N) is 3. The van der Waals surface area contributed by atoms with E-state index in [1.165, 1.54) is 12.1 Å². The number of benzene rings is 2. The minimum absolute atomic E-state index is 0.00253. The van der Waals surface area contributed by atoms with Crippen molar-refractivity contribution in [2.24, 2.45) is 0 Å². The number of H-pyrrole nitrogens is 1. The molecule has 0 saturated carbocycles. The van der Waals surface area contributed by atoms with Crippen LogP contribution < -0.4 is 10.0 Å². The molecule has 9 heteroatoms. The van der Waals surface area contributed by atoms with Crippen molar-refractivity contribution < 1.29 is 13.2 Å². The predicted octanol–water partition coefficient (Wildman–Crippen LogP) is 3.67. The Kier molecular flexibility index (Phi) is 7.25. The molecular weight excluding hydrogens is 424 g/mol. The van der Waals surface area contributed by atoms with Crippen LogP contribution >= 0.6 is 11.6 Å².